The number of carboxylic acid groups (broad SMARTS) is 1. The highest BCUT2D eigenvalue weighted by Gasteiger charge is 2.68. The molecule has 2 bridgehead atoms. The average Bonchev–Trinajstić information content (AvgIpc) is 4.26. The van der Waals surface area contributed by atoms with Crippen molar-refractivity contribution in [1.29, 1.82) is 0 Å². The number of hydrogen-bond acceptors (Lipinski definition) is 14. The van der Waals surface area contributed by atoms with Crippen molar-refractivity contribution in [2.45, 2.75) is 158 Å². The van der Waals surface area contributed by atoms with Crippen LogP contribution < -0.4 is 42.0 Å². The minimum Gasteiger partial charge on any atom is -0.497 e. The first-order chi connectivity index (χ1) is 33.6. The number of aliphatic imine (C=N–C) groups is 1. The van der Waals surface area contributed by atoms with Gasteiger partial charge in [0.25, 0.3) is 11.8 Å². The zero-order valence-electron chi connectivity index (χ0n) is 41.1. The Balaban J connectivity index is 0.000000625. The van der Waals surface area contributed by atoms with Crippen LogP contribution in [-0.4, -0.2) is 131 Å². The lowest BCUT2D eigenvalue weighted by Gasteiger charge is -2.36. The summed E-state index contributed by atoms with van der Waals surface area (Å²) in [5, 5.41) is 13.4. The number of fused-ring (bicyclic) bond motifs is 5. The molecule has 3 saturated carbocycles. The second-order valence-electron chi connectivity index (χ2n) is 20.6. The highest BCUT2D eigenvalue weighted by Crippen LogP contribution is 2.50. The third-order valence-corrected chi connectivity index (χ3v) is 16.2. The van der Waals surface area contributed by atoms with E-state index in [1.165, 1.54) is 26.2 Å². The molecule has 10 N–H and O–H groups in total. The molecule has 72 heavy (non-hydrogen) atoms. The zero-order valence-corrected chi connectivity index (χ0v) is 41.9. The predicted molar refractivity (Wildman–Crippen MR) is 252 cm³/mol. The van der Waals surface area contributed by atoms with E-state index >= 15 is 8.78 Å². The summed E-state index contributed by atoms with van der Waals surface area (Å²) in [5.41, 5.74) is 11.5. The van der Waals surface area contributed by atoms with Crippen molar-refractivity contribution >= 4 is 56.8 Å². The van der Waals surface area contributed by atoms with Crippen LogP contribution in [0, 0.1) is 23.2 Å². The van der Waals surface area contributed by atoms with Crippen LogP contribution in [0.4, 0.5) is 22.4 Å². The maximum atomic E-state index is 16.3. The molecule has 1 saturated heterocycles. The molecular formula is C46H66F4N10O11S. The van der Waals surface area contributed by atoms with Gasteiger partial charge in [-0.2, -0.15) is 8.78 Å². The highest BCUT2D eigenvalue weighted by molar-refractivity contribution is 7.91. The molecular weight excluding hydrogens is 977 g/mol. The second kappa shape index (κ2) is 21.4. The topological polar surface area (TPSA) is 323 Å². The number of carbonyl (C=O) groups excluding carboxylic acids is 4. The molecule has 0 radical (unpaired) electrons. The van der Waals surface area contributed by atoms with E-state index < -0.39 is 141 Å². The van der Waals surface area contributed by atoms with Crippen LogP contribution in [-0.2, 0) is 39.9 Å². The summed E-state index contributed by atoms with van der Waals surface area (Å²) in [4.78, 5) is 80.2. The number of nitrogens with one attached hydrogen (secondary N) is 3. The van der Waals surface area contributed by atoms with Crippen LogP contribution in [0.15, 0.2) is 23.2 Å². The lowest BCUT2D eigenvalue weighted by Crippen LogP contribution is -2.61. The molecule has 2 aliphatic heterocycles. The van der Waals surface area contributed by atoms with Crippen molar-refractivity contribution in [3.63, 3.8) is 0 Å². The summed E-state index contributed by atoms with van der Waals surface area (Å²) < 4.78 is 105. The number of alkyl carbamates (subject to hydrolysis) is 1. The van der Waals surface area contributed by atoms with E-state index in [2.05, 4.69) is 25.6 Å². The molecule has 21 nitrogen and oxygen atoms in total. The Morgan fingerprint density at radius 1 is 1.07 bits per heavy atom. The number of guanidine groups is 1. The lowest BCUT2D eigenvalue weighted by molar-refractivity contribution is -0.144. The van der Waals surface area contributed by atoms with Crippen molar-refractivity contribution in [3.8, 4) is 11.6 Å². The summed E-state index contributed by atoms with van der Waals surface area (Å²) >= 11 is 0. The number of benzene rings is 1. The number of methoxy groups -OCH3 is 1. The van der Waals surface area contributed by atoms with E-state index in [1.54, 1.807) is 33.8 Å². The fourth-order valence-electron chi connectivity index (χ4n) is 9.07. The van der Waals surface area contributed by atoms with Crippen molar-refractivity contribution < 1.29 is 69.3 Å². The zero-order chi connectivity index (χ0) is 53.3. The first kappa shape index (κ1) is 55.5. The molecule has 4 fully saturated rings. The number of nitrogens with two attached hydrogens (primary N) is 3. The van der Waals surface area contributed by atoms with Gasteiger partial charge < -0.3 is 52.1 Å². The van der Waals surface area contributed by atoms with Crippen molar-refractivity contribution in [1.82, 2.24) is 30.2 Å². The predicted octanol–water partition coefficient (Wildman–Crippen LogP) is 3.41. The molecule has 1 unspecified atom stereocenters. The number of alkyl halides is 4. The molecule has 26 heteroatoms. The van der Waals surface area contributed by atoms with Gasteiger partial charge in [-0.3, -0.25) is 28.9 Å². The Kier molecular flexibility index (Phi) is 16.5. The third-order valence-electron chi connectivity index (χ3n) is 14.1. The second-order valence-corrected chi connectivity index (χ2v) is 22.8. The molecule has 3 heterocycles. The molecule has 4 amide bonds. The van der Waals surface area contributed by atoms with Gasteiger partial charge in [-0.25, -0.2) is 32.0 Å². The van der Waals surface area contributed by atoms with Gasteiger partial charge in [0, 0.05) is 24.9 Å². The Bertz CT molecular complexity index is 2530. The number of ether oxygens (including phenoxy) is 3. The van der Waals surface area contributed by atoms with Crippen LogP contribution in [0.1, 0.15) is 111 Å². The van der Waals surface area contributed by atoms with Crippen LogP contribution >= 0.6 is 0 Å². The number of rotatable bonds is 13. The normalized spacial score (nSPS) is 28.1. The molecule has 1 aromatic heterocycles. The Labute approximate surface area is 414 Å². The molecule has 1 aromatic carbocycles. The number of aromatic nitrogens is 2. The minimum absolute atomic E-state index is 0.0129. The highest BCUT2D eigenvalue weighted by atomic mass is 32.2. The molecule has 5 aliphatic rings. The molecule has 7 rings (SSSR count). The SMILES string of the molecule is CC[C@@H]1[C@@H]2CN(C(=O)[C@H](C(C)(C)C)NC(=O)O[C@@H]3C[C@H]3CCCCC(F)(F)c3nc4ccc(OC)cc4nc3O2)[C@@H]1C(=O)N[C@]1(C(=O)NS(=O)(=O)C2(C)CC2)C[C@H]1C(F)F.NC(N)=NCCCC(N)C(=O)O. The van der Waals surface area contributed by atoms with Gasteiger partial charge in [0.1, 0.15) is 41.6 Å². The number of aliphatic carboxylic acids is 1. The average molecular weight is 1040 g/mol. The van der Waals surface area contributed by atoms with Gasteiger partial charge in [0.15, 0.2) is 11.7 Å². The monoisotopic (exact) mass is 1040 g/mol. The summed E-state index contributed by atoms with van der Waals surface area (Å²) in [6.07, 6.45) is -3.95. The lowest BCUT2D eigenvalue weighted by atomic mass is 9.85. The number of halogens is 4. The van der Waals surface area contributed by atoms with Gasteiger partial charge in [-0.05, 0) is 88.2 Å². The first-order valence-corrected chi connectivity index (χ1v) is 25.5. The van der Waals surface area contributed by atoms with Gasteiger partial charge in [-0.15, -0.1) is 0 Å². The quantitative estimate of drug-likeness (QED) is 0.0654. The van der Waals surface area contributed by atoms with E-state index in [1.807, 2.05) is 4.72 Å². The van der Waals surface area contributed by atoms with Gasteiger partial charge >= 0.3 is 12.1 Å². The fourth-order valence-corrected chi connectivity index (χ4v) is 10.4. The standard InChI is InChI=1S/C40H52F4N6O9S.C6H14N4O2/c1-7-22-27-19-50(28(22)32(51)48-39(18-23(39)31(41)42)35(53)49-60(55,56)38(5)14-15-38)34(52)30(37(2,3)4)47-36(54)59-26-16-20(26)10-8-9-13-40(43,44)29-33(58-27)46-25-17-21(57-6)11-12-24(25)45-29;7-4(5(11)12)2-1-3-10-6(8)9/h11-12,17,20,22-23,26-28,30-31H,7-10,13-16,18-19H2,1-6H3,(H,47,54)(H,48,51)(H,49,53);4H,1-3,7H2,(H,11,12)(H4,8,9,10)/t20-,22-,23+,26-,27+,28+,30-,39-;/m1./s1. The van der Waals surface area contributed by atoms with Crippen LogP contribution in [0.3, 0.4) is 0 Å². The van der Waals surface area contributed by atoms with Gasteiger partial charge in [0.05, 0.1) is 35.4 Å². The smallest absolute Gasteiger partial charge is 0.408 e. The fraction of sp³-hybridized carbons (Fsp3) is 0.696. The Morgan fingerprint density at radius 3 is 2.35 bits per heavy atom. The molecule has 400 valence electrons. The van der Waals surface area contributed by atoms with Crippen molar-refractivity contribution in [2.24, 2.45) is 45.4 Å². The molecule has 3 aliphatic carbocycles. The third kappa shape index (κ3) is 12.5. The van der Waals surface area contributed by atoms with Crippen molar-refractivity contribution in [2.75, 3.05) is 20.2 Å². The summed E-state index contributed by atoms with van der Waals surface area (Å²) in [7, 11) is -2.89. The van der Waals surface area contributed by atoms with E-state index in [0.717, 1.165) is 4.90 Å². The summed E-state index contributed by atoms with van der Waals surface area (Å²) in [6, 6.07) is 0.766. The van der Waals surface area contributed by atoms with Gasteiger partial charge in [0.2, 0.25) is 34.1 Å². The summed E-state index contributed by atoms with van der Waals surface area (Å²) in [6.45, 7) is 8.04. The van der Waals surface area contributed by atoms with Crippen LogP contribution in [0.25, 0.3) is 11.0 Å². The number of carbonyl (C=O) groups is 5. The van der Waals surface area contributed by atoms with Crippen LogP contribution in [0.5, 0.6) is 11.6 Å². The summed E-state index contributed by atoms with van der Waals surface area (Å²) in [5.74, 6) is -10.8. The largest absolute Gasteiger partial charge is 0.497 e. The maximum absolute atomic E-state index is 16.3. The Morgan fingerprint density at radius 2 is 1.76 bits per heavy atom. The maximum Gasteiger partial charge on any atom is 0.408 e. The molecule has 0 spiro atoms. The Hall–Kier alpha value is -5.79. The minimum atomic E-state index is -4.31. The molecule has 9 atom stereocenters. The van der Waals surface area contributed by atoms with Gasteiger partial charge in [-0.1, -0.05) is 34.1 Å². The van der Waals surface area contributed by atoms with Crippen molar-refractivity contribution in [3.05, 3.63) is 23.9 Å². The number of amides is 4. The first-order valence-electron chi connectivity index (χ1n) is 24.0. The number of sulfonamides is 1. The number of nitrogens with zero attached hydrogens (tertiary/aromatic N) is 4. The number of carboxylic acids is 1. The van der Waals surface area contributed by atoms with E-state index in [4.69, 9.17) is 36.5 Å². The number of hydrogen-bond donors (Lipinski definition) is 7. The van der Waals surface area contributed by atoms with E-state index in [0.29, 0.717) is 44.4 Å². The molecule has 2 aromatic rings. The van der Waals surface area contributed by atoms with E-state index in [-0.39, 0.29) is 48.6 Å². The van der Waals surface area contributed by atoms with Crippen LogP contribution in [0.2, 0.25) is 0 Å². The van der Waals surface area contributed by atoms with E-state index in [9.17, 15) is 41.2 Å².